The van der Waals surface area contributed by atoms with Gasteiger partial charge in [-0.1, -0.05) is 42.5 Å². The summed E-state index contributed by atoms with van der Waals surface area (Å²) in [6.07, 6.45) is 0.595. The number of rotatable bonds is 8. The average molecular weight is 509 g/mol. The minimum Gasteiger partial charge on any atom is -0.491 e. The molecule has 1 saturated carbocycles. The van der Waals surface area contributed by atoms with Crippen LogP contribution in [0.1, 0.15) is 50.3 Å². The molecular weight excluding hydrogens is 477 g/mol. The number of aliphatic hydroxyl groups excluding tert-OH is 1. The molecule has 1 aliphatic rings. The third kappa shape index (κ3) is 7.19. The minimum atomic E-state index is -0.646. The second kappa shape index (κ2) is 11.4. The van der Waals surface area contributed by atoms with E-state index in [4.69, 9.17) is 4.74 Å². The normalized spacial score (nSPS) is 19.3. The van der Waals surface area contributed by atoms with Gasteiger partial charge in [0.05, 0.1) is 18.8 Å². The first-order valence-electron chi connectivity index (χ1n) is 10.1. The van der Waals surface area contributed by atoms with Crippen molar-refractivity contribution in [2.45, 2.75) is 51.4 Å². The van der Waals surface area contributed by atoms with E-state index in [-0.39, 0.29) is 30.1 Å². The zero-order chi connectivity index (χ0) is 19.9. The Hall–Kier alpha value is -1.80. The van der Waals surface area contributed by atoms with Crippen LogP contribution in [-0.2, 0) is 0 Å². The zero-order valence-electron chi connectivity index (χ0n) is 17.3. The average Bonchev–Trinajstić information content (AvgIpc) is 3.46. The fraction of sp³-hybridized carbons (Fsp3) is 0.435. The lowest BCUT2D eigenvalue weighted by molar-refractivity contribution is 0.186. The highest BCUT2D eigenvalue weighted by Gasteiger charge is 2.38. The molecule has 158 valence electrons. The van der Waals surface area contributed by atoms with Gasteiger partial charge in [0.25, 0.3) is 0 Å². The molecule has 3 N–H and O–H groups in total. The van der Waals surface area contributed by atoms with Gasteiger partial charge in [-0.3, -0.25) is 4.99 Å². The first-order chi connectivity index (χ1) is 13.6. The number of nitrogens with zero attached hydrogens (tertiary/aromatic N) is 1. The Morgan fingerprint density at radius 3 is 2.45 bits per heavy atom. The molecule has 0 saturated heterocycles. The number of nitrogens with one attached hydrogen (secondary N) is 2. The summed E-state index contributed by atoms with van der Waals surface area (Å²) in [6, 6.07) is 18.5. The smallest absolute Gasteiger partial charge is 0.191 e. The second-order valence-electron chi connectivity index (χ2n) is 7.47. The van der Waals surface area contributed by atoms with E-state index < -0.39 is 6.10 Å². The quantitative estimate of drug-likeness (QED) is 0.283. The highest BCUT2D eigenvalue weighted by Crippen LogP contribution is 2.40. The summed E-state index contributed by atoms with van der Waals surface area (Å²) in [7, 11) is 0. The van der Waals surface area contributed by atoms with E-state index in [0.717, 1.165) is 30.2 Å². The minimum absolute atomic E-state index is 0. The van der Waals surface area contributed by atoms with Gasteiger partial charge in [-0.2, -0.15) is 0 Å². The number of guanidine groups is 1. The van der Waals surface area contributed by atoms with Gasteiger partial charge in [-0.25, -0.2) is 0 Å². The number of hydrogen-bond donors (Lipinski definition) is 3. The lowest BCUT2D eigenvalue weighted by Crippen LogP contribution is -2.39. The number of hydrogen-bond acceptors (Lipinski definition) is 3. The third-order valence-electron chi connectivity index (χ3n) is 4.74. The molecule has 1 aliphatic carbocycles. The SMILES string of the molecule is CCNC(=NCC(O)c1ccc(OC(C)C)cc1)NC1CC1c1ccccc1.I. The summed E-state index contributed by atoms with van der Waals surface area (Å²) >= 11 is 0. The van der Waals surface area contributed by atoms with Crippen LogP contribution in [0.25, 0.3) is 0 Å². The van der Waals surface area contributed by atoms with E-state index in [9.17, 15) is 5.11 Å². The van der Waals surface area contributed by atoms with Crippen LogP contribution in [-0.4, -0.2) is 36.3 Å². The second-order valence-corrected chi connectivity index (χ2v) is 7.47. The summed E-state index contributed by atoms with van der Waals surface area (Å²) in [4.78, 5) is 4.58. The standard InChI is InChI=1S/C23H31N3O2.HI/c1-4-24-23(26-21-14-20(21)17-8-6-5-7-9-17)25-15-22(27)18-10-12-19(13-11-18)28-16(2)3;/h5-13,16,20-22,27H,4,14-15H2,1-3H3,(H2,24,25,26);1H. The Bertz CT molecular complexity index is 765. The van der Waals surface area contributed by atoms with Crippen molar-refractivity contribution in [1.82, 2.24) is 10.6 Å². The Morgan fingerprint density at radius 1 is 1.14 bits per heavy atom. The molecule has 0 bridgehead atoms. The fourth-order valence-electron chi connectivity index (χ4n) is 3.24. The van der Waals surface area contributed by atoms with Crippen molar-refractivity contribution in [2.24, 2.45) is 4.99 Å². The van der Waals surface area contributed by atoms with Crippen molar-refractivity contribution in [3.8, 4) is 5.75 Å². The van der Waals surface area contributed by atoms with Crippen LogP contribution in [0.2, 0.25) is 0 Å². The van der Waals surface area contributed by atoms with E-state index >= 15 is 0 Å². The molecule has 0 amide bonds. The maximum atomic E-state index is 10.5. The van der Waals surface area contributed by atoms with Crippen molar-refractivity contribution in [3.63, 3.8) is 0 Å². The van der Waals surface area contributed by atoms with Crippen molar-refractivity contribution in [1.29, 1.82) is 0 Å². The van der Waals surface area contributed by atoms with Crippen LogP contribution in [0.15, 0.2) is 59.6 Å². The van der Waals surface area contributed by atoms with Gasteiger partial charge in [0, 0.05) is 18.5 Å². The van der Waals surface area contributed by atoms with Crippen LogP contribution in [0.4, 0.5) is 0 Å². The van der Waals surface area contributed by atoms with Gasteiger partial charge in [0.1, 0.15) is 5.75 Å². The molecule has 29 heavy (non-hydrogen) atoms. The van der Waals surface area contributed by atoms with Gasteiger partial charge in [-0.15, -0.1) is 24.0 Å². The Balaban J connectivity index is 0.00000300. The zero-order valence-corrected chi connectivity index (χ0v) is 19.7. The van der Waals surface area contributed by atoms with E-state index in [2.05, 4.69) is 39.9 Å². The van der Waals surface area contributed by atoms with Gasteiger partial charge >= 0.3 is 0 Å². The molecule has 3 unspecified atom stereocenters. The van der Waals surface area contributed by atoms with E-state index in [1.165, 1.54) is 5.56 Å². The summed E-state index contributed by atoms with van der Waals surface area (Å²) < 4.78 is 5.65. The van der Waals surface area contributed by atoms with Crippen LogP contribution >= 0.6 is 24.0 Å². The molecule has 0 radical (unpaired) electrons. The molecular formula is C23H32IN3O2. The van der Waals surface area contributed by atoms with Crippen molar-refractivity contribution >= 4 is 29.9 Å². The Kier molecular flexibility index (Phi) is 9.23. The summed E-state index contributed by atoms with van der Waals surface area (Å²) in [5.74, 6) is 2.10. The predicted molar refractivity (Wildman–Crippen MR) is 129 cm³/mol. The highest BCUT2D eigenvalue weighted by molar-refractivity contribution is 14.0. The number of aliphatic imine (C=N–C) groups is 1. The van der Waals surface area contributed by atoms with Crippen molar-refractivity contribution in [3.05, 3.63) is 65.7 Å². The van der Waals surface area contributed by atoms with Crippen LogP contribution in [0.5, 0.6) is 5.75 Å². The number of aliphatic hydroxyl groups is 1. The molecule has 1 fully saturated rings. The Labute approximate surface area is 191 Å². The fourth-order valence-corrected chi connectivity index (χ4v) is 3.24. The first-order valence-corrected chi connectivity index (χ1v) is 10.1. The molecule has 2 aromatic rings. The molecule has 6 heteroatoms. The van der Waals surface area contributed by atoms with Gasteiger partial charge in [-0.05, 0) is 50.5 Å². The molecule has 0 aliphatic heterocycles. The molecule has 0 aromatic heterocycles. The summed E-state index contributed by atoms with van der Waals surface area (Å²) in [5.41, 5.74) is 2.20. The largest absolute Gasteiger partial charge is 0.491 e. The molecule has 3 rings (SSSR count). The van der Waals surface area contributed by atoms with Crippen LogP contribution in [0, 0.1) is 0 Å². The van der Waals surface area contributed by atoms with Crippen LogP contribution < -0.4 is 15.4 Å². The van der Waals surface area contributed by atoms with Gasteiger partial charge < -0.3 is 20.5 Å². The lowest BCUT2D eigenvalue weighted by Gasteiger charge is -2.14. The number of ether oxygens (including phenoxy) is 1. The summed E-state index contributed by atoms with van der Waals surface area (Å²) in [6.45, 7) is 7.13. The lowest BCUT2D eigenvalue weighted by atomic mass is 10.1. The maximum Gasteiger partial charge on any atom is 0.191 e. The molecule has 3 atom stereocenters. The van der Waals surface area contributed by atoms with Gasteiger partial charge in [0.2, 0.25) is 0 Å². The predicted octanol–water partition coefficient (Wildman–Crippen LogP) is 4.24. The molecule has 5 nitrogen and oxygen atoms in total. The Morgan fingerprint density at radius 2 is 1.83 bits per heavy atom. The maximum absolute atomic E-state index is 10.5. The number of benzene rings is 2. The third-order valence-corrected chi connectivity index (χ3v) is 4.74. The van der Waals surface area contributed by atoms with E-state index in [1.807, 2.05) is 51.1 Å². The van der Waals surface area contributed by atoms with Crippen molar-refractivity contribution in [2.75, 3.05) is 13.1 Å². The molecule has 0 spiro atoms. The first kappa shape index (κ1) is 23.5. The number of halogens is 1. The monoisotopic (exact) mass is 509 g/mol. The van der Waals surface area contributed by atoms with Crippen LogP contribution in [0.3, 0.4) is 0 Å². The van der Waals surface area contributed by atoms with Crippen molar-refractivity contribution < 1.29 is 9.84 Å². The van der Waals surface area contributed by atoms with E-state index in [0.29, 0.717) is 18.5 Å². The molecule has 2 aromatic carbocycles. The summed E-state index contributed by atoms with van der Waals surface area (Å²) in [5, 5.41) is 17.2. The highest BCUT2D eigenvalue weighted by atomic mass is 127. The van der Waals surface area contributed by atoms with E-state index in [1.54, 1.807) is 0 Å². The molecule has 0 heterocycles. The van der Waals surface area contributed by atoms with Gasteiger partial charge in [0.15, 0.2) is 5.96 Å². The topological polar surface area (TPSA) is 65.9 Å².